The maximum absolute atomic E-state index is 12.2. The van der Waals surface area contributed by atoms with Gasteiger partial charge in [-0.2, -0.15) is 8.42 Å². The summed E-state index contributed by atoms with van der Waals surface area (Å²) in [5, 5.41) is 22.9. The molecule has 0 heterocycles. The second-order valence-corrected chi connectivity index (χ2v) is 10.7. The number of benzene rings is 4. The van der Waals surface area contributed by atoms with Gasteiger partial charge in [-0.1, -0.05) is 95.2 Å². The molecule has 1 N–H and O–H groups in total. The van der Waals surface area contributed by atoms with Crippen molar-refractivity contribution in [3.05, 3.63) is 117 Å². The fourth-order valence-corrected chi connectivity index (χ4v) is 5.21. The van der Waals surface area contributed by atoms with Gasteiger partial charge in [0, 0.05) is 9.82 Å². The Morgan fingerprint density at radius 3 is 1.68 bits per heavy atom. The Kier molecular flexibility index (Phi) is 8.48. The molecule has 0 fully saturated rings. The number of hydrogen-bond donors (Lipinski definition) is 1. The van der Waals surface area contributed by atoms with Crippen LogP contribution in [0, 0.1) is 0 Å². The summed E-state index contributed by atoms with van der Waals surface area (Å²) in [5.74, 6) is 0. The molecule has 0 saturated heterocycles. The van der Waals surface area contributed by atoms with E-state index in [0.717, 1.165) is 38.9 Å². The molecule has 4 rings (SSSR count). The molecule has 0 unspecified atom stereocenters. The van der Waals surface area contributed by atoms with Crippen LogP contribution in [0.25, 0.3) is 42.4 Å². The molecule has 0 aliphatic heterocycles. The molecule has 0 bridgehead atoms. The Morgan fingerprint density at radius 1 is 0.763 bits per heavy atom. The van der Waals surface area contributed by atoms with Crippen LogP contribution in [-0.2, 0) is 27.1 Å². The zero-order valence-electron chi connectivity index (χ0n) is 20.6. The van der Waals surface area contributed by atoms with Gasteiger partial charge in [-0.05, 0) is 56.6 Å². The lowest BCUT2D eigenvalue weighted by molar-refractivity contribution is 0.0101. The van der Waals surface area contributed by atoms with Gasteiger partial charge >= 0.3 is 0 Å². The molecule has 0 amide bonds. The zero-order valence-corrected chi connectivity index (χ0v) is 21.4. The molecule has 38 heavy (non-hydrogen) atoms. The molecule has 194 valence electrons. The van der Waals surface area contributed by atoms with E-state index in [4.69, 9.17) is 4.18 Å². The lowest BCUT2D eigenvalue weighted by atomic mass is 9.91. The third-order valence-corrected chi connectivity index (χ3v) is 6.89. The molecule has 11 heteroatoms. The van der Waals surface area contributed by atoms with E-state index in [9.17, 15) is 24.6 Å². The number of fused-ring (bicyclic) bond motifs is 2. The van der Waals surface area contributed by atoms with Crippen LogP contribution in [0.1, 0.15) is 11.1 Å². The maximum Gasteiger partial charge on any atom is 0.264 e. The number of rotatable bonds is 11. The van der Waals surface area contributed by atoms with Crippen molar-refractivity contribution in [2.45, 2.75) is 37.1 Å². The fourth-order valence-electron chi connectivity index (χ4n) is 4.57. The van der Waals surface area contributed by atoms with Crippen molar-refractivity contribution in [2.75, 3.05) is 6.26 Å². The van der Waals surface area contributed by atoms with E-state index in [2.05, 4.69) is 20.1 Å². The standard InChI is InChI=1S/C27H26N6O4S/c1-38(35,36)37-27(25(31-33-29)17-19-11-13-21-7-3-5-9-23(21)15-19)26(34)24(30-32-28)16-18-10-12-20-6-2-4-8-22(20)14-18/h2-15,24-27,34H,16-17H2,1H3/t24-,25-,26+,27+/m0/s1. The minimum absolute atomic E-state index is 0.0884. The smallest absolute Gasteiger partial charge is 0.264 e. The van der Waals surface area contributed by atoms with E-state index in [1.165, 1.54) is 0 Å². The van der Waals surface area contributed by atoms with Crippen molar-refractivity contribution in [1.29, 1.82) is 0 Å². The molecule has 0 spiro atoms. The summed E-state index contributed by atoms with van der Waals surface area (Å²) in [4.78, 5) is 5.76. The Labute approximate surface area is 219 Å². The molecule has 0 saturated carbocycles. The minimum Gasteiger partial charge on any atom is -0.390 e. The normalized spacial score (nSPS) is 14.7. The summed E-state index contributed by atoms with van der Waals surface area (Å²) < 4.78 is 29.7. The molecule has 4 aromatic rings. The quantitative estimate of drug-likeness (QED) is 0.112. The first kappa shape index (κ1) is 26.9. The van der Waals surface area contributed by atoms with E-state index < -0.39 is 34.4 Å². The average Bonchev–Trinajstić information content (AvgIpc) is 2.90. The van der Waals surface area contributed by atoms with E-state index in [0.29, 0.717) is 0 Å². The number of hydrogen-bond acceptors (Lipinski definition) is 6. The number of aliphatic hydroxyl groups is 1. The highest BCUT2D eigenvalue weighted by Crippen LogP contribution is 2.25. The zero-order chi connectivity index (χ0) is 27.1. The van der Waals surface area contributed by atoms with Crippen LogP contribution in [0.2, 0.25) is 0 Å². The van der Waals surface area contributed by atoms with Crippen molar-refractivity contribution in [1.82, 2.24) is 0 Å². The first-order valence-electron chi connectivity index (χ1n) is 11.9. The third-order valence-electron chi connectivity index (χ3n) is 6.31. The first-order chi connectivity index (χ1) is 18.3. The van der Waals surface area contributed by atoms with E-state index in [1.807, 2.05) is 84.9 Å². The minimum atomic E-state index is -4.09. The molecular weight excluding hydrogens is 504 g/mol. The number of azide groups is 2. The van der Waals surface area contributed by atoms with Crippen molar-refractivity contribution in [2.24, 2.45) is 10.2 Å². The average molecular weight is 531 g/mol. The highest BCUT2D eigenvalue weighted by Gasteiger charge is 2.36. The SMILES string of the molecule is CS(=O)(=O)O[C@@H]([C@H](O)[C@H](Cc1ccc2ccccc2c1)N=[N+]=[N-])[C@H](Cc1ccc2ccccc2c1)N=[N+]=[N-]. The van der Waals surface area contributed by atoms with E-state index in [1.54, 1.807) is 0 Å². The molecule has 0 aromatic heterocycles. The number of nitrogens with zero attached hydrogens (tertiary/aromatic N) is 6. The van der Waals surface area contributed by atoms with E-state index >= 15 is 0 Å². The molecular formula is C27H26N6O4S. The second kappa shape index (κ2) is 12.0. The van der Waals surface area contributed by atoms with Crippen LogP contribution in [0.5, 0.6) is 0 Å². The van der Waals surface area contributed by atoms with Gasteiger partial charge < -0.3 is 5.11 Å². The Balaban J connectivity index is 1.67. The van der Waals surface area contributed by atoms with Crippen LogP contribution in [-0.4, -0.2) is 44.1 Å². The van der Waals surface area contributed by atoms with Crippen molar-refractivity contribution in [3.8, 4) is 0 Å². The van der Waals surface area contributed by atoms with E-state index in [-0.39, 0.29) is 12.8 Å². The Morgan fingerprint density at radius 2 is 1.21 bits per heavy atom. The van der Waals surface area contributed by atoms with Crippen LogP contribution >= 0.6 is 0 Å². The van der Waals surface area contributed by atoms with Crippen LogP contribution in [0.4, 0.5) is 0 Å². The van der Waals surface area contributed by atoms with Crippen molar-refractivity contribution >= 4 is 31.7 Å². The maximum atomic E-state index is 12.2. The van der Waals surface area contributed by atoms with Crippen molar-refractivity contribution in [3.63, 3.8) is 0 Å². The van der Waals surface area contributed by atoms with Gasteiger partial charge in [-0.3, -0.25) is 4.18 Å². The number of aliphatic hydroxyl groups excluding tert-OH is 1. The lowest BCUT2D eigenvalue weighted by Crippen LogP contribution is -2.47. The Bertz CT molecular complexity index is 1650. The monoisotopic (exact) mass is 530 g/mol. The predicted octanol–water partition coefficient (Wildman–Crippen LogP) is 5.84. The predicted molar refractivity (Wildman–Crippen MR) is 147 cm³/mol. The first-order valence-corrected chi connectivity index (χ1v) is 13.7. The summed E-state index contributed by atoms with van der Waals surface area (Å²) in [5.41, 5.74) is 20.0. The molecule has 0 aliphatic carbocycles. The van der Waals surface area contributed by atoms with Gasteiger partial charge in [0.25, 0.3) is 10.1 Å². The largest absolute Gasteiger partial charge is 0.390 e. The van der Waals surface area contributed by atoms with Gasteiger partial charge in [0.05, 0.1) is 24.4 Å². The van der Waals surface area contributed by atoms with Gasteiger partial charge in [-0.15, -0.1) is 0 Å². The molecule has 4 aromatic carbocycles. The van der Waals surface area contributed by atoms with Crippen molar-refractivity contribution < 1.29 is 17.7 Å². The summed E-state index contributed by atoms with van der Waals surface area (Å²) in [6.07, 6.45) is -2.04. The van der Waals surface area contributed by atoms with Gasteiger partial charge in [0.2, 0.25) is 0 Å². The Hall–Kier alpha value is -4.11. The summed E-state index contributed by atoms with van der Waals surface area (Å²) in [6, 6.07) is 24.5. The molecule has 10 nitrogen and oxygen atoms in total. The molecule has 4 atom stereocenters. The lowest BCUT2D eigenvalue weighted by Gasteiger charge is -2.30. The topological polar surface area (TPSA) is 161 Å². The van der Waals surface area contributed by atoms with Gasteiger partial charge in [0.1, 0.15) is 6.10 Å². The summed E-state index contributed by atoms with van der Waals surface area (Å²) >= 11 is 0. The van der Waals surface area contributed by atoms with Crippen LogP contribution in [0.15, 0.2) is 95.2 Å². The molecule has 0 aliphatic rings. The van der Waals surface area contributed by atoms with Gasteiger partial charge in [-0.25, -0.2) is 0 Å². The summed E-state index contributed by atoms with van der Waals surface area (Å²) in [6.45, 7) is 0. The van der Waals surface area contributed by atoms with Crippen LogP contribution in [0.3, 0.4) is 0 Å². The highest BCUT2D eigenvalue weighted by atomic mass is 32.2. The van der Waals surface area contributed by atoms with Crippen LogP contribution < -0.4 is 0 Å². The second-order valence-electron chi connectivity index (χ2n) is 9.07. The fraction of sp³-hybridized carbons (Fsp3) is 0.259. The summed E-state index contributed by atoms with van der Waals surface area (Å²) in [7, 11) is -4.09. The molecule has 0 radical (unpaired) electrons. The highest BCUT2D eigenvalue weighted by molar-refractivity contribution is 7.86. The third kappa shape index (κ3) is 6.80. The van der Waals surface area contributed by atoms with Gasteiger partial charge in [0.15, 0.2) is 0 Å².